The van der Waals surface area contributed by atoms with E-state index < -0.39 is 23.0 Å². The maximum absolute atomic E-state index is 15.2. The van der Waals surface area contributed by atoms with E-state index in [0.29, 0.717) is 41.9 Å². The Labute approximate surface area is 267 Å². The van der Waals surface area contributed by atoms with Gasteiger partial charge in [0.15, 0.2) is 0 Å². The summed E-state index contributed by atoms with van der Waals surface area (Å²) in [6, 6.07) is 16.0. The van der Waals surface area contributed by atoms with Crippen molar-refractivity contribution in [3.05, 3.63) is 93.0 Å². The number of hydrogen-bond acceptors (Lipinski definition) is 5. The van der Waals surface area contributed by atoms with E-state index >= 15 is 8.78 Å². The first-order chi connectivity index (χ1) is 20.7. The number of carbonyl (C=O) groups excluding carboxylic acids is 2. The van der Waals surface area contributed by atoms with Gasteiger partial charge in [-0.3, -0.25) is 9.59 Å². The van der Waals surface area contributed by atoms with Crippen LogP contribution in [0.4, 0.5) is 14.5 Å². The number of halogens is 4. The van der Waals surface area contributed by atoms with Gasteiger partial charge in [-0.25, -0.2) is 8.78 Å². The highest BCUT2D eigenvalue weighted by atomic mass is 35.5. The second-order valence-corrected chi connectivity index (χ2v) is 12.6. The van der Waals surface area contributed by atoms with Crippen molar-refractivity contribution in [3.8, 4) is 11.8 Å². The number of likely N-dealkylation sites (N-methyl/N-ethyl adjacent to an activating group) is 1. The van der Waals surface area contributed by atoms with Gasteiger partial charge in [0.05, 0.1) is 23.9 Å². The molecule has 3 atom stereocenters. The number of hydrogen-bond donors (Lipinski definition) is 2. The van der Waals surface area contributed by atoms with Gasteiger partial charge in [-0.05, 0) is 60.8 Å². The van der Waals surface area contributed by atoms with Crippen molar-refractivity contribution in [2.75, 3.05) is 33.1 Å². The summed E-state index contributed by atoms with van der Waals surface area (Å²) in [5, 5.41) is 15.7. The largest absolute Gasteiger partial charge is 0.495 e. The summed E-state index contributed by atoms with van der Waals surface area (Å²) in [7, 11) is 4.92. The Balaban J connectivity index is 0.000000297. The lowest BCUT2D eigenvalue weighted by Gasteiger charge is -2.38. The molecule has 1 aliphatic heterocycles. The SMILES string of the molecule is CN1CC(c2cccc(Cl)c2F)[C@@](C#N)(c2ccc(Cl)cc2F)C1CC(C)(C)C.CNC(=O)c1ccc(NC=O)c(OC)c1. The van der Waals surface area contributed by atoms with Crippen LogP contribution < -0.4 is 15.4 Å². The third-order valence-corrected chi connectivity index (χ3v) is 8.23. The molecule has 1 heterocycles. The highest BCUT2D eigenvalue weighted by molar-refractivity contribution is 6.31. The van der Waals surface area contributed by atoms with Crippen LogP contribution in [-0.4, -0.2) is 51.0 Å². The highest BCUT2D eigenvalue weighted by Crippen LogP contribution is 2.53. The molecule has 7 nitrogen and oxygen atoms in total. The van der Waals surface area contributed by atoms with Crippen molar-refractivity contribution in [3.63, 3.8) is 0 Å². The van der Waals surface area contributed by atoms with Crippen LogP contribution in [0.25, 0.3) is 0 Å². The first-order valence-electron chi connectivity index (χ1n) is 13.8. The summed E-state index contributed by atoms with van der Waals surface area (Å²) in [6.45, 7) is 6.64. The smallest absolute Gasteiger partial charge is 0.251 e. The molecule has 2 unspecified atom stereocenters. The van der Waals surface area contributed by atoms with E-state index in [1.54, 1.807) is 49.5 Å². The van der Waals surface area contributed by atoms with Crippen molar-refractivity contribution in [2.24, 2.45) is 5.41 Å². The summed E-state index contributed by atoms with van der Waals surface area (Å²) in [5.41, 5.74) is 0.170. The average molecular weight is 646 g/mol. The molecule has 0 aliphatic carbocycles. The third kappa shape index (κ3) is 7.32. The minimum Gasteiger partial charge on any atom is -0.495 e. The fourth-order valence-electron chi connectivity index (χ4n) is 5.73. The molecule has 11 heteroatoms. The number of benzene rings is 3. The zero-order chi connectivity index (χ0) is 32.8. The van der Waals surface area contributed by atoms with Gasteiger partial charge in [0, 0.05) is 41.7 Å². The van der Waals surface area contributed by atoms with Crippen molar-refractivity contribution in [1.29, 1.82) is 5.26 Å². The number of nitriles is 1. The zero-order valence-electron chi connectivity index (χ0n) is 25.5. The van der Waals surface area contributed by atoms with E-state index in [9.17, 15) is 14.9 Å². The molecular formula is C33H36Cl2F2N4O3. The van der Waals surface area contributed by atoms with Gasteiger partial charge in [0.2, 0.25) is 6.41 Å². The van der Waals surface area contributed by atoms with Gasteiger partial charge < -0.3 is 20.3 Å². The summed E-state index contributed by atoms with van der Waals surface area (Å²) >= 11 is 12.0. The van der Waals surface area contributed by atoms with Crippen LogP contribution in [0.2, 0.25) is 10.0 Å². The quantitative estimate of drug-likeness (QED) is 0.266. The molecule has 0 saturated carbocycles. The summed E-state index contributed by atoms with van der Waals surface area (Å²) in [4.78, 5) is 23.6. The number of anilines is 1. The lowest BCUT2D eigenvalue weighted by Crippen LogP contribution is -2.45. The van der Waals surface area contributed by atoms with Crippen molar-refractivity contribution in [2.45, 2.75) is 44.6 Å². The minimum absolute atomic E-state index is 0.00663. The molecule has 2 N–H and O–H groups in total. The number of ether oxygens (including phenoxy) is 1. The third-order valence-electron chi connectivity index (χ3n) is 7.71. The second-order valence-electron chi connectivity index (χ2n) is 11.8. The molecule has 44 heavy (non-hydrogen) atoms. The van der Waals surface area contributed by atoms with E-state index in [2.05, 4.69) is 37.5 Å². The van der Waals surface area contributed by atoms with Gasteiger partial charge in [-0.2, -0.15) is 5.26 Å². The first-order valence-corrected chi connectivity index (χ1v) is 14.6. The predicted octanol–water partition coefficient (Wildman–Crippen LogP) is 7.19. The van der Waals surface area contributed by atoms with Crippen molar-refractivity contribution < 1.29 is 23.1 Å². The maximum atomic E-state index is 15.2. The van der Waals surface area contributed by atoms with E-state index in [4.69, 9.17) is 27.9 Å². The lowest BCUT2D eigenvalue weighted by molar-refractivity contribution is -0.105. The molecule has 0 aromatic heterocycles. The number of amides is 2. The molecule has 0 bridgehead atoms. The molecule has 234 valence electrons. The van der Waals surface area contributed by atoms with Gasteiger partial charge in [0.1, 0.15) is 22.8 Å². The highest BCUT2D eigenvalue weighted by Gasteiger charge is 2.57. The van der Waals surface area contributed by atoms with Crippen LogP contribution in [0.15, 0.2) is 54.6 Å². The van der Waals surface area contributed by atoms with Gasteiger partial charge >= 0.3 is 0 Å². The van der Waals surface area contributed by atoms with Crippen LogP contribution in [0, 0.1) is 28.4 Å². The second kappa shape index (κ2) is 14.4. The van der Waals surface area contributed by atoms with Crippen LogP contribution >= 0.6 is 23.2 Å². The molecule has 3 aromatic rings. The number of likely N-dealkylation sites (tertiary alicyclic amines) is 1. The fourth-order valence-corrected chi connectivity index (χ4v) is 6.07. The summed E-state index contributed by atoms with van der Waals surface area (Å²) in [6.07, 6.45) is 1.19. The van der Waals surface area contributed by atoms with Gasteiger partial charge in [-0.1, -0.05) is 62.2 Å². The van der Waals surface area contributed by atoms with E-state index in [1.807, 2.05) is 11.9 Å². The van der Waals surface area contributed by atoms with E-state index in [-0.39, 0.29) is 33.0 Å². The average Bonchev–Trinajstić information content (AvgIpc) is 3.24. The minimum atomic E-state index is -1.29. The van der Waals surface area contributed by atoms with Gasteiger partial charge in [0.25, 0.3) is 5.91 Å². The Kier molecular flexibility index (Phi) is 11.4. The molecule has 0 spiro atoms. The summed E-state index contributed by atoms with van der Waals surface area (Å²) < 4.78 is 35.2. The lowest BCUT2D eigenvalue weighted by atomic mass is 9.64. The Morgan fingerprint density at radius 2 is 1.89 bits per heavy atom. The monoisotopic (exact) mass is 644 g/mol. The Morgan fingerprint density at radius 1 is 1.18 bits per heavy atom. The molecule has 2 amide bonds. The van der Waals surface area contributed by atoms with Crippen LogP contribution in [0.5, 0.6) is 5.75 Å². The standard InChI is InChI=1S/C23H24Cl2F2N2.C10H12N2O3/c1-22(2,3)11-20-23(13-28,16-9-8-14(24)10-19(16)26)17(12-29(20)4)15-6-5-7-18(25)21(15)27;1-11-10(14)7-3-4-8(12-6-13)9(5-7)15-2/h5-10,17,20H,11-12H2,1-4H3;3-6H,1-2H3,(H,11,14)(H,12,13)/t17?,20?,23-;/m1./s1. The van der Waals surface area contributed by atoms with Crippen LogP contribution in [0.1, 0.15) is 54.6 Å². The fraction of sp³-hybridized carbons (Fsp3) is 0.364. The Morgan fingerprint density at radius 3 is 2.45 bits per heavy atom. The van der Waals surface area contributed by atoms with E-state index in [0.717, 1.165) is 0 Å². The molecular weight excluding hydrogens is 609 g/mol. The normalized spacial score (nSPS) is 19.8. The number of methoxy groups -OCH3 is 1. The van der Waals surface area contributed by atoms with Crippen LogP contribution in [0.3, 0.4) is 0 Å². The van der Waals surface area contributed by atoms with E-state index in [1.165, 1.54) is 19.2 Å². The Bertz CT molecular complexity index is 1560. The van der Waals surface area contributed by atoms with Crippen LogP contribution in [-0.2, 0) is 10.2 Å². The molecule has 0 radical (unpaired) electrons. The molecule has 1 saturated heterocycles. The number of carbonyl (C=O) groups is 2. The molecule has 4 rings (SSSR count). The molecule has 3 aromatic carbocycles. The maximum Gasteiger partial charge on any atom is 0.251 e. The number of rotatable bonds is 7. The van der Waals surface area contributed by atoms with Crippen molar-refractivity contribution >= 4 is 41.2 Å². The summed E-state index contributed by atoms with van der Waals surface area (Å²) in [5.74, 6) is -1.45. The number of nitrogens with zero attached hydrogens (tertiary/aromatic N) is 2. The topological polar surface area (TPSA) is 94.5 Å². The van der Waals surface area contributed by atoms with Gasteiger partial charge in [-0.15, -0.1) is 0 Å². The zero-order valence-corrected chi connectivity index (χ0v) is 27.0. The molecule has 1 aliphatic rings. The molecule has 1 fully saturated rings. The van der Waals surface area contributed by atoms with Crippen molar-refractivity contribution in [1.82, 2.24) is 10.2 Å². The first kappa shape index (κ1) is 34.8. The predicted molar refractivity (Wildman–Crippen MR) is 169 cm³/mol. The number of nitrogens with one attached hydrogen (secondary N) is 2. The Hall–Kier alpha value is -3.71.